The standard InChI is InChI=1S/C38H47N5O/c1-2-3-25-43(26-11-5-8-17-32-22-24-39-36-19-10-9-18-34(32)36)27-13-28-44-33-20-21-35-37(29-33)41-30-42-38(35)40-23-12-16-31-14-6-4-7-15-31/h4,6-7,9-10,14-15,18-22,24,29-30H,2-3,5,8,11-13,16-17,23,25-28H2,1H3,(H,40,41,42). The molecule has 0 amide bonds. The normalized spacial score (nSPS) is 11.4. The van der Waals surface area contributed by atoms with Crippen LogP contribution in [0.4, 0.5) is 5.82 Å². The number of aryl methyl sites for hydroxylation is 2. The minimum atomic E-state index is 0.707. The van der Waals surface area contributed by atoms with Crippen molar-refractivity contribution < 1.29 is 4.74 Å². The number of hydrogen-bond acceptors (Lipinski definition) is 6. The molecule has 6 heteroatoms. The zero-order chi connectivity index (χ0) is 30.2. The predicted molar refractivity (Wildman–Crippen MR) is 184 cm³/mol. The molecule has 0 aliphatic carbocycles. The van der Waals surface area contributed by atoms with Crippen LogP contribution in [0.2, 0.25) is 0 Å². The van der Waals surface area contributed by atoms with E-state index in [1.807, 2.05) is 18.3 Å². The Kier molecular flexibility index (Phi) is 12.4. The Morgan fingerprint density at radius 1 is 0.682 bits per heavy atom. The van der Waals surface area contributed by atoms with Gasteiger partial charge in [-0.2, -0.15) is 0 Å². The number of hydrogen-bond donors (Lipinski definition) is 1. The lowest BCUT2D eigenvalue weighted by atomic mass is 10.0. The van der Waals surface area contributed by atoms with Crippen molar-refractivity contribution in [2.45, 2.75) is 64.7 Å². The summed E-state index contributed by atoms with van der Waals surface area (Å²) in [5, 5.41) is 5.83. The third-order valence-corrected chi connectivity index (χ3v) is 8.26. The van der Waals surface area contributed by atoms with Gasteiger partial charge < -0.3 is 15.0 Å². The first-order valence-electron chi connectivity index (χ1n) is 16.5. The highest BCUT2D eigenvalue weighted by Crippen LogP contribution is 2.24. The molecule has 0 radical (unpaired) electrons. The number of benzene rings is 3. The maximum atomic E-state index is 6.17. The zero-order valence-electron chi connectivity index (χ0n) is 26.3. The highest BCUT2D eigenvalue weighted by atomic mass is 16.5. The van der Waals surface area contributed by atoms with Crippen LogP contribution in [-0.4, -0.2) is 52.6 Å². The van der Waals surface area contributed by atoms with Crippen molar-refractivity contribution in [1.82, 2.24) is 19.9 Å². The molecule has 5 rings (SSSR count). The molecule has 0 bridgehead atoms. The Bertz CT molecular complexity index is 1550. The number of unbranched alkanes of at least 4 members (excludes halogenated alkanes) is 3. The summed E-state index contributed by atoms with van der Waals surface area (Å²) in [6.07, 6.45) is 14.0. The van der Waals surface area contributed by atoms with Crippen molar-refractivity contribution >= 4 is 27.6 Å². The number of anilines is 1. The first-order chi connectivity index (χ1) is 21.8. The van der Waals surface area contributed by atoms with Gasteiger partial charge in [-0.05, 0) is 93.4 Å². The van der Waals surface area contributed by atoms with Crippen LogP contribution >= 0.6 is 0 Å². The number of pyridine rings is 1. The summed E-state index contributed by atoms with van der Waals surface area (Å²) < 4.78 is 6.17. The molecule has 0 saturated heterocycles. The molecule has 0 fully saturated rings. The fourth-order valence-electron chi connectivity index (χ4n) is 5.81. The van der Waals surface area contributed by atoms with Crippen LogP contribution in [0.15, 0.2) is 91.4 Å². The number of ether oxygens (including phenoxy) is 1. The summed E-state index contributed by atoms with van der Waals surface area (Å²) in [5.74, 6) is 1.75. The van der Waals surface area contributed by atoms with E-state index >= 15 is 0 Å². The molecule has 0 aliphatic heterocycles. The van der Waals surface area contributed by atoms with Crippen LogP contribution < -0.4 is 10.1 Å². The highest BCUT2D eigenvalue weighted by molar-refractivity contribution is 5.89. The second-order valence-corrected chi connectivity index (χ2v) is 11.6. The van der Waals surface area contributed by atoms with Crippen molar-refractivity contribution in [2.24, 2.45) is 0 Å². The van der Waals surface area contributed by atoms with Gasteiger partial charge in [0, 0.05) is 36.1 Å². The lowest BCUT2D eigenvalue weighted by Gasteiger charge is -2.22. The molecule has 1 N–H and O–H groups in total. The summed E-state index contributed by atoms with van der Waals surface area (Å²) in [5.41, 5.74) is 4.79. The van der Waals surface area contributed by atoms with Crippen molar-refractivity contribution in [3.05, 3.63) is 103 Å². The van der Waals surface area contributed by atoms with E-state index in [4.69, 9.17) is 4.74 Å². The summed E-state index contributed by atoms with van der Waals surface area (Å²) in [7, 11) is 0. The lowest BCUT2D eigenvalue weighted by Crippen LogP contribution is -2.28. The van der Waals surface area contributed by atoms with Crippen molar-refractivity contribution in [3.8, 4) is 5.75 Å². The molecule has 0 unspecified atom stereocenters. The van der Waals surface area contributed by atoms with Gasteiger partial charge >= 0.3 is 0 Å². The molecule has 0 atom stereocenters. The Balaban J connectivity index is 1.02. The molecule has 44 heavy (non-hydrogen) atoms. The Morgan fingerprint density at radius 3 is 2.43 bits per heavy atom. The molecule has 2 aromatic heterocycles. The average Bonchev–Trinajstić information content (AvgIpc) is 3.07. The number of aromatic nitrogens is 3. The Hall–Kier alpha value is -4.03. The summed E-state index contributed by atoms with van der Waals surface area (Å²) >= 11 is 0. The SMILES string of the molecule is CCCCN(CCCCCc1ccnc2ccccc12)CCCOc1ccc2c(NCCCc3ccccc3)ncnc2c1. The highest BCUT2D eigenvalue weighted by Gasteiger charge is 2.08. The van der Waals surface area contributed by atoms with Gasteiger partial charge in [0.05, 0.1) is 17.6 Å². The van der Waals surface area contributed by atoms with Crippen molar-refractivity contribution in [1.29, 1.82) is 0 Å². The van der Waals surface area contributed by atoms with Crippen LogP contribution in [0.25, 0.3) is 21.8 Å². The van der Waals surface area contributed by atoms with Crippen LogP contribution in [0.1, 0.15) is 63.0 Å². The van der Waals surface area contributed by atoms with Gasteiger partial charge in [-0.3, -0.25) is 4.98 Å². The van der Waals surface area contributed by atoms with Crippen LogP contribution in [0, 0.1) is 0 Å². The van der Waals surface area contributed by atoms with Gasteiger partial charge in [-0.1, -0.05) is 68.3 Å². The summed E-state index contributed by atoms with van der Waals surface area (Å²) in [6, 6.07) is 27.4. The fourth-order valence-corrected chi connectivity index (χ4v) is 5.81. The van der Waals surface area contributed by atoms with E-state index in [0.717, 1.165) is 73.3 Å². The number of rotatable bonds is 19. The predicted octanol–water partition coefficient (Wildman–Crippen LogP) is 8.51. The molecule has 0 saturated carbocycles. The number of para-hydroxylation sites is 1. The molecule has 6 nitrogen and oxygen atoms in total. The van der Waals surface area contributed by atoms with Crippen LogP contribution in [0.5, 0.6) is 5.75 Å². The molecule has 3 aromatic carbocycles. The van der Waals surface area contributed by atoms with E-state index in [2.05, 4.69) is 98.8 Å². The van der Waals surface area contributed by atoms with Crippen LogP contribution in [-0.2, 0) is 12.8 Å². The lowest BCUT2D eigenvalue weighted by molar-refractivity contribution is 0.228. The Labute approximate surface area is 262 Å². The Morgan fingerprint density at radius 2 is 1.52 bits per heavy atom. The molecular weight excluding hydrogens is 542 g/mol. The number of fused-ring (bicyclic) bond motifs is 2. The van der Waals surface area contributed by atoms with Crippen molar-refractivity contribution in [2.75, 3.05) is 38.1 Å². The molecule has 230 valence electrons. The van der Waals surface area contributed by atoms with Crippen LogP contribution in [0.3, 0.4) is 0 Å². The van der Waals surface area contributed by atoms with Gasteiger partial charge in [0.15, 0.2) is 0 Å². The largest absolute Gasteiger partial charge is 0.493 e. The average molecular weight is 590 g/mol. The van der Waals surface area contributed by atoms with E-state index in [1.54, 1.807) is 6.33 Å². The second kappa shape index (κ2) is 17.3. The van der Waals surface area contributed by atoms with E-state index in [1.165, 1.54) is 55.2 Å². The minimum absolute atomic E-state index is 0.707. The van der Waals surface area contributed by atoms with Gasteiger partial charge in [0.25, 0.3) is 0 Å². The first kappa shape index (κ1) is 31.4. The topological polar surface area (TPSA) is 63.2 Å². The van der Waals surface area contributed by atoms with E-state index in [0.29, 0.717) is 6.61 Å². The van der Waals surface area contributed by atoms with E-state index < -0.39 is 0 Å². The maximum Gasteiger partial charge on any atom is 0.137 e. The molecule has 0 spiro atoms. The van der Waals surface area contributed by atoms with Gasteiger partial charge in [-0.15, -0.1) is 0 Å². The smallest absolute Gasteiger partial charge is 0.137 e. The van der Waals surface area contributed by atoms with E-state index in [9.17, 15) is 0 Å². The van der Waals surface area contributed by atoms with Gasteiger partial charge in [0.1, 0.15) is 17.9 Å². The summed E-state index contributed by atoms with van der Waals surface area (Å²) in [6.45, 7) is 7.25. The molecule has 5 aromatic rings. The number of nitrogens with one attached hydrogen (secondary N) is 1. The third kappa shape index (κ3) is 9.48. The minimum Gasteiger partial charge on any atom is -0.493 e. The number of nitrogens with zero attached hydrogens (tertiary/aromatic N) is 4. The monoisotopic (exact) mass is 589 g/mol. The summed E-state index contributed by atoms with van der Waals surface area (Å²) in [4.78, 5) is 16.1. The quantitative estimate of drug-likeness (QED) is 0.0975. The first-order valence-corrected chi connectivity index (χ1v) is 16.5. The zero-order valence-corrected chi connectivity index (χ0v) is 26.3. The molecule has 2 heterocycles. The van der Waals surface area contributed by atoms with Crippen molar-refractivity contribution in [3.63, 3.8) is 0 Å². The second-order valence-electron chi connectivity index (χ2n) is 11.6. The van der Waals surface area contributed by atoms with E-state index in [-0.39, 0.29) is 0 Å². The molecular formula is C38H47N5O. The maximum absolute atomic E-state index is 6.17. The fraction of sp³-hybridized carbons (Fsp3) is 0.395. The van der Waals surface area contributed by atoms with Gasteiger partial charge in [-0.25, -0.2) is 9.97 Å². The van der Waals surface area contributed by atoms with Gasteiger partial charge in [0.2, 0.25) is 0 Å². The molecule has 0 aliphatic rings. The third-order valence-electron chi connectivity index (χ3n) is 8.26.